The van der Waals surface area contributed by atoms with Gasteiger partial charge in [0, 0.05) is 0 Å². The van der Waals surface area contributed by atoms with E-state index < -0.39 is 5.97 Å². The van der Waals surface area contributed by atoms with Crippen LogP contribution in [0.4, 0.5) is 0 Å². The Balaban J connectivity index is 2.34. The van der Waals surface area contributed by atoms with Crippen molar-refractivity contribution in [2.45, 2.75) is 6.04 Å². The number of benzene rings is 2. The van der Waals surface area contributed by atoms with Gasteiger partial charge < -0.3 is 4.74 Å². The molecule has 0 spiro atoms. The van der Waals surface area contributed by atoms with E-state index in [9.17, 15) is 4.79 Å². The van der Waals surface area contributed by atoms with Crippen LogP contribution in [-0.4, -0.2) is 19.3 Å². The van der Waals surface area contributed by atoms with Crippen LogP contribution in [0.15, 0.2) is 65.7 Å². The van der Waals surface area contributed by atoms with Crippen LogP contribution in [0.3, 0.4) is 0 Å². The fourth-order valence-corrected chi connectivity index (χ4v) is 1.82. The van der Waals surface area contributed by atoms with Crippen molar-refractivity contribution >= 4 is 12.2 Å². The lowest BCUT2D eigenvalue weighted by Crippen LogP contribution is -2.05. The van der Waals surface area contributed by atoms with E-state index >= 15 is 0 Å². The molecule has 3 nitrogen and oxygen atoms in total. The summed E-state index contributed by atoms with van der Waals surface area (Å²) in [4.78, 5) is 15.5. The van der Waals surface area contributed by atoms with Crippen LogP contribution in [0.25, 0.3) is 0 Å². The van der Waals surface area contributed by atoms with Gasteiger partial charge in [0.05, 0.1) is 7.11 Å². The molecule has 0 saturated carbocycles. The predicted octanol–water partition coefficient (Wildman–Crippen LogP) is 3.02. The van der Waals surface area contributed by atoms with Crippen molar-refractivity contribution in [3.8, 4) is 0 Å². The topological polar surface area (TPSA) is 38.7 Å². The van der Waals surface area contributed by atoms with Crippen LogP contribution >= 0.6 is 0 Å². The molecular formula is C16H15NO2. The number of hydrogen-bond acceptors (Lipinski definition) is 3. The Morgan fingerprint density at radius 1 is 1.00 bits per heavy atom. The summed E-state index contributed by atoms with van der Waals surface area (Å²) in [5.41, 5.74) is 2.07. The van der Waals surface area contributed by atoms with E-state index in [0.717, 1.165) is 11.1 Å². The van der Waals surface area contributed by atoms with E-state index in [2.05, 4.69) is 9.73 Å². The first kappa shape index (κ1) is 13.0. The number of carbonyl (C=O) groups is 1. The van der Waals surface area contributed by atoms with E-state index in [4.69, 9.17) is 0 Å². The lowest BCUT2D eigenvalue weighted by atomic mass is 9.99. The fraction of sp³-hybridized carbons (Fsp3) is 0.125. The summed E-state index contributed by atoms with van der Waals surface area (Å²) in [5.74, 6) is -0.447. The van der Waals surface area contributed by atoms with Gasteiger partial charge in [0.25, 0.3) is 0 Å². The molecule has 2 rings (SSSR count). The molecule has 0 amide bonds. The molecule has 2 aromatic rings. The highest BCUT2D eigenvalue weighted by Crippen LogP contribution is 2.25. The molecule has 0 aliphatic rings. The molecule has 3 heteroatoms. The maximum Gasteiger partial charge on any atom is 0.348 e. The van der Waals surface area contributed by atoms with Gasteiger partial charge >= 0.3 is 5.97 Å². The van der Waals surface area contributed by atoms with Gasteiger partial charge in [-0.25, -0.2) is 4.79 Å². The minimum Gasteiger partial charge on any atom is -0.465 e. The third kappa shape index (κ3) is 3.52. The zero-order valence-corrected chi connectivity index (χ0v) is 10.7. The average Bonchev–Trinajstić information content (AvgIpc) is 2.49. The molecule has 0 aliphatic heterocycles. The van der Waals surface area contributed by atoms with E-state index in [-0.39, 0.29) is 6.04 Å². The molecule has 0 atom stereocenters. The first-order valence-electron chi connectivity index (χ1n) is 6.02. The van der Waals surface area contributed by atoms with Gasteiger partial charge in [-0.1, -0.05) is 60.7 Å². The highest BCUT2D eigenvalue weighted by Gasteiger charge is 2.11. The predicted molar refractivity (Wildman–Crippen MR) is 75.2 cm³/mol. The monoisotopic (exact) mass is 253 g/mol. The first-order valence-corrected chi connectivity index (χ1v) is 6.02. The number of ether oxygens (including phenoxy) is 1. The van der Waals surface area contributed by atoms with Crippen molar-refractivity contribution in [1.82, 2.24) is 0 Å². The van der Waals surface area contributed by atoms with Gasteiger partial charge in [-0.05, 0) is 11.1 Å². The smallest absolute Gasteiger partial charge is 0.348 e. The van der Waals surface area contributed by atoms with Crippen LogP contribution in [0.1, 0.15) is 17.2 Å². The molecule has 2 aromatic carbocycles. The number of carbonyl (C=O) groups excluding carboxylic acids is 1. The Labute approximate surface area is 112 Å². The molecule has 0 saturated heterocycles. The van der Waals surface area contributed by atoms with Gasteiger partial charge in [-0.3, -0.25) is 4.99 Å². The summed E-state index contributed by atoms with van der Waals surface area (Å²) in [7, 11) is 1.34. The van der Waals surface area contributed by atoms with Crippen molar-refractivity contribution in [2.75, 3.05) is 7.11 Å². The summed E-state index contributed by atoms with van der Waals surface area (Å²) < 4.78 is 4.58. The van der Waals surface area contributed by atoms with Crippen molar-refractivity contribution in [3.63, 3.8) is 0 Å². The molecular weight excluding hydrogens is 238 g/mol. The van der Waals surface area contributed by atoms with Crippen molar-refractivity contribution < 1.29 is 9.53 Å². The summed E-state index contributed by atoms with van der Waals surface area (Å²) in [6, 6.07) is 19.5. The first-order chi connectivity index (χ1) is 9.31. The maximum atomic E-state index is 11.2. The molecule has 0 bridgehead atoms. The molecule has 0 heterocycles. The molecule has 96 valence electrons. The molecule has 0 unspecified atom stereocenters. The van der Waals surface area contributed by atoms with Gasteiger partial charge in [-0.15, -0.1) is 0 Å². The van der Waals surface area contributed by atoms with Gasteiger partial charge in [-0.2, -0.15) is 0 Å². The highest BCUT2D eigenvalue weighted by atomic mass is 16.5. The number of rotatable bonds is 4. The van der Waals surface area contributed by atoms with Crippen LogP contribution in [0, 0.1) is 0 Å². The zero-order chi connectivity index (χ0) is 13.5. The largest absolute Gasteiger partial charge is 0.465 e. The number of methoxy groups -OCH3 is 1. The fourth-order valence-electron chi connectivity index (χ4n) is 1.82. The Hall–Kier alpha value is -2.42. The summed E-state index contributed by atoms with van der Waals surface area (Å²) in [5, 5.41) is 0. The number of hydrogen-bond donors (Lipinski definition) is 0. The second kappa shape index (κ2) is 6.50. The maximum absolute atomic E-state index is 11.2. The Bertz CT molecular complexity index is 510. The Kier molecular flexibility index (Phi) is 4.45. The summed E-state index contributed by atoms with van der Waals surface area (Å²) >= 11 is 0. The van der Waals surface area contributed by atoms with Crippen LogP contribution in [-0.2, 0) is 9.53 Å². The molecule has 0 aromatic heterocycles. The van der Waals surface area contributed by atoms with Crippen LogP contribution in [0.5, 0.6) is 0 Å². The van der Waals surface area contributed by atoms with Gasteiger partial charge in [0.1, 0.15) is 12.3 Å². The normalized spacial score (nSPS) is 10.8. The van der Waals surface area contributed by atoms with Crippen LogP contribution in [0.2, 0.25) is 0 Å². The third-order valence-corrected chi connectivity index (χ3v) is 2.76. The molecule has 0 radical (unpaired) electrons. The number of aliphatic imine (C=N–C) groups is 1. The SMILES string of the molecule is COC(=O)/C=N/C(c1ccccc1)c1ccccc1. The quantitative estimate of drug-likeness (QED) is 0.620. The van der Waals surface area contributed by atoms with E-state index in [1.807, 2.05) is 60.7 Å². The standard InChI is InChI=1S/C16H15NO2/c1-19-15(18)12-17-16(13-8-4-2-5-9-13)14-10-6-3-7-11-14/h2-12,16H,1H3/b17-12+. The molecule has 0 fully saturated rings. The highest BCUT2D eigenvalue weighted by molar-refractivity contribution is 6.23. The lowest BCUT2D eigenvalue weighted by molar-refractivity contribution is -0.132. The summed E-state index contributed by atoms with van der Waals surface area (Å²) in [6.45, 7) is 0. The average molecular weight is 253 g/mol. The van der Waals surface area contributed by atoms with Crippen LogP contribution < -0.4 is 0 Å². The van der Waals surface area contributed by atoms with Crippen molar-refractivity contribution in [3.05, 3.63) is 71.8 Å². The van der Waals surface area contributed by atoms with Gasteiger partial charge in [0.2, 0.25) is 0 Å². The number of nitrogens with zero attached hydrogens (tertiary/aromatic N) is 1. The molecule has 0 N–H and O–H groups in total. The Morgan fingerprint density at radius 2 is 1.47 bits per heavy atom. The van der Waals surface area contributed by atoms with Crippen molar-refractivity contribution in [2.24, 2.45) is 4.99 Å². The third-order valence-electron chi connectivity index (χ3n) is 2.76. The molecule has 0 aliphatic carbocycles. The number of esters is 1. The Morgan fingerprint density at radius 3 is 1.89 bits per heavy atom. The lowest BCUT2D eigenvalue weighted by Gasteiger charge is -2.13. The second-order valence-electron chi connectivity index (χ2n) is 4.03. The van der Waals surface area contributed by atoms with E-state index in [0.29, 0.717) is 0 Å². The second-order valence-corrected chi connectivity index (χ2v) is 4.03. The summed E-state index contributed by atoms with van der Waals surface area (Å²) in [6.07, 6.45) is 1.23. The van der Waals surface area contributed by atoms with Crippen molar-refractivity contribution in [1.29, 1.82) is 0 Å². The molecule has 19 heavy (non-hydrogen) atoms. The van der Waals surface area contributed by atoms with Gasteiger partial charge in [0.15, 0.2) is 0 Å². The van der Waals surface area contributed by atoms with E-state index in [1.165, 1.54) is 13.3 Å². The van der Waals surface area contributed by atoms with E-state index in [1.54, 1.807) is 0 Å². The zero-order valence-electron chi connectivity index (χ0n) is 10.7. The minimum atomic E-state index is -0.447. The minimum absolute atomic E-state index is 0.193.